The number of nitrogen functional groups attached to an aromatic ring is 1. The first-order valence-corrected chi connectivity index (χ1v) is 6.64. The molecule has 8 heteroatoms. The van der Waals surface area contributed by atoms with Crippen LogP contribution in [0.4, 0.5) is 11.9 Å². The fourth-order valence-corrected chi connectivity index (χ4v) is 2.15. The number of rotatable bonds is 3. The molecule has 0 saturated carbocycles. The van der Waals surface area contributed by atoms with E-state index >= 15 is 0 Å². The summed E-state index contributed by atoms with van der Waals surface area (Å²) >= 11 is 0. The molecule has 1 fully saturated rings. The summed E-state index contributed by atoms with van der Waals surface area (Å²) in [7, 11) is 0. The molecule has 1 atom stereocenters. The second-order valence-electron chi connectivity index (χ2n) is 4.59. The van der Waals surface area contributed by atoms with Crippen LogP contribution in [0, 0.1) is 0 Å². The van der Waals surface area contributed by atoms with Crippen molar-refractivity contribution in [2.75, 3.05) is 30.3 Å². The molecular formula is C12H17N7O. The molecule has 0 amide bonds. The van der Waals surface area contributed by atoms with Gasteiger partial charge >= 0.3 is 0 Å². The van der Waals surface area contributed by atoms with Crippen molar-refractivity contribution in [1.29, 1.82) is 0 Å². The first kappa shape index (κ1) is 12.8. The van der Waals surface area contributed by atoms with E-state index in [1.165, 1.54) is 0 Å². The maximum atomic E-state index is 5.78. The summed E-state index contributed by atoms with van der Waals surface area (Å²) in [6.45, 7) is 4.28. The summed E-state index contributed by atoms with van der Waals surface area (Å²) in [5.74, 6) is 1.20. The molecule has 2 N–H and O–H groups in total. The zero-order chi connectivity index (χ0) is 13.9. The normalized spacial score (nSPS) is 19.2. The van der Waals surface area contributed by atoms with Crippen molar-refractivity contribution in [3.8, 4) is 5.95 Å². The predicted molar refractivity (Wildman–Crippen MR) is 73.6 cm³/mol. The Balaban J connectivity index is 1.89. The summed E-state index contributed by atoms with van der Waals surface area (Å²) in [4.78, 5) is 14.8. The molecule has 20 heavy (non-hydrogen) atoms. The summed E-state index contributed by atoms with van der Waals surface area (Å²) in [5.41, 5.74) is 5.78. The van der Waals surface area contributed by atoms with Gasteiger partial charge in [-0.05, 0) is 12.5 Å². The number of aromatic nitrogens is 5. The van der Waals surface area contributed by atoms with Gasteiger partial charge in [0.1, 0.15) is 0 Å². The first-order valence-electron chi connectivity index (χ1n) is 6.64. The molecule has 0 radical (unpaired) electrons. The molecule has 0 aromatic carbocycles. The highest BCUT2D eigenvalue weighted by atomic mass is 16.5. The molecule has 1 saturated heterocycles. The number of morpholine rings is 1. The quantitative estimate of drug-likeness (QED) is 0.858. The van der Waals surface area contributed by atoms with Gasteiger partial charge in [0, 0.05) is 25.5 Å². The van der Waals surface area contributed by atoms with Crippen LogP contribution < -0.4 is 10.6 Å². The van der Waals surface area contributed by atoms with Crippen LogP contribution in [0.25, 0.3) is 5.95 Å². The van der Waals surface area contributed by atoms with Gasteiger partial charge in [0.05, 0.1) is 12.7 Å². The van der Waals surface area contributed by atoms with Crippen LogP contribution in [0.15, 0.2) is 18.5 Å². The summed E-state index contributed by atoms with van der Waals surface area (Å²) in [6.07, 6.45) is 4.60. The van der Waals surface area contributed by atoms with Crippen molar-refractivity contribution in [1.82, 2.24) is 24.7 Å². The lowest BCUT2D eigenvalue weighted by molar-refractivity contribution is 0.0378. The smallest absolute Gasteiger partial charge is 0.257 e. The molecule has 1 aliphatic heterocycles. The Hall–Kier alpha value is -2.22. The molecule has 2 aromatic heterocycles. The summed E-state index contributed by atoms with van der Waals surface area (Å²) in [5, 5.41) is 4.11. The van der Waals surface area contributed by atoms with Crippen LogP contribution in [-0.4, -0.2) is 50.5 Å². The van der Waals surface area contributed by atoms with E-state index in [0.717, 1.165) is 19.5 Å². The van der Waals surface area contributed by atoms with Gasteiger partial charge in [0.15, 0.2) is 0 Å². The van der Waals surface area contributed by atoms with Gasteiger partial charge in [-0.3, -0.25) is 0 Å². The number of hydrogen-bond donors (Lipinski definition) is 1. The minimum absolute atomic E-state index is 0.194. The third-order valence-corrected chi connectivity index (χ3v) is 3.22. The van der Waals surface area contributed by atoms with E-state index in [1.807, 2.05) is 6.07 Å². The third-order valence-electron chi connectivity index (χ3n) is 3.22. The zero-order valence-electron chi connectivity index (χ0n) is 11.3. The average molecular weight is 275 g/mol. The van der Waals surface area contributed by atoms with Crippen LogP contribution in [0.1, 0.15) is 13.3 Å². The first-order chi connectivity index (χ1) is 9.76. The highest BCUT2D eigenvalue weighted by Crippen LogP contribution is 2.16. The lowest BCUT2D eigenvalue weighted by Crippen LogP contribution is -2.43. The van der Waals surface area contributed by atoms with Gasteiger partial charge in [-0.15, -0.1) is 0 Å². The number of nitrogens with zero attached hydrogens (tertiary/aromatic N) is 6. The fourth-order valence-electron chi connectivity index (χ4n) is 2.15. The van der Waals surface area contributed by atoms with Gasteiger partial charge in [0.2, 0.25) is 11.9 Å². The van der Waals surface area contributed by atoms with E-state index in [-0.39, 0.29) is 12.1 Å². The monoisotopic (exact) mass is 275 g/mol. The third kappa shape index (κ3) is 2.55. The minimum Gasteiger partial charge on any atom is -0.375 e. The van der Waals surface area contributed by atoms with E-state index < -0.39 is 0 Å². The van der Waals surface area contributed by atoms with Crippen molar-refractivity contribution in [3.05, 3.63) is 18.5 Å². The molecule has 8 nitrogen and oxygen atoms in total. The van der Waals surface area contributed by atoms with E-state index in [9.17, 15) is 0 Å². The Morgan fingerprint density at radius 2 is 2.20 bits per heavy atom. The summed E-state index contributed by atoms with van der Waals surface area (Å²) < 4.78 is 7.22. The SMILES string of the molecule is CCC1CN(c2nc(N)nc(-n3cccn3)n2)CCO1. The number of anilines is 2. The topological polar surface area (TPSA) is 95.0 Å². The zero-order valence-corrected chi connectivity index (χ0v) is 11.3. The highest BCUT2D eigenvalue weighted by Gasteiger charge is 2.22. The predicted octanol–water partition coefficient (Wildman–Crippen LogP) is 0.255. The fraction of sp³-hybridized carbons (Fsp3) is 0.500. The van der Waals surface area contributed by atoms with Gasteiger partial charge in [0.25, 0.3) is 5.95 Å². The van der Waals surface area contributed by atoms with E-state index in [1.54, 1.807) is 17.1 Å². The molecule has 3 heterocycles. The highest BCUT2D eigenvalue weighted by molar-refractivity contribution is 5.38. The van der Waals surface area contributed by atoms with Crippen LogP contribution in [0.3, 0.4) is 0 Å². The van der Waals surface area contributed by atoms with Crippen LogP contribution in [-0.2, 0) is 4.74 Å². The van der Waals surface area contributed by atoms with Crippen molar-refractivity contribution in [2.24, 2.45) is 0 Å². The summed E-state index contributed by atoms with van der Waals surface area (Å²) in [6, 6.07) is 1.81. The van der Waals surface area contributed by atoms with Gasteiger partial charge < -0.3 is 15.4 Å². The second-order valence-corrected chi connectivity index (χ2v) is 4.59. The van der Waals surface area contributed by atoms with Crippen LogP contribution in [0.2, 0.25) is 0 Å². The standard InChI is InChI=1S/C12H17N7O/c1-2-9-8-18(6-7-20-9)11-15-10(13)16-12(17-11)19-5-3-4-14-19/h3-5,9H,2,6-8H2,1H3,(H2,13,15,16,17). The molecule has 2 aromatic rings. The van der Waals surface area contributed by atoms with Gasteiger partial charge in [-0.2, -0.15) is 20.1 Å². The molecule has 1 aliphatic rings. The maximum absolute atomic E-state index is 5.78. The van der Waals surface area contributed by atoms with E-state index in [4.69, 9.17) is 10.5 Å². The Kier molecular flexibility index (Phi) is 3.46. The average Bonchev–Trinajstić information content (AvgIpc) is 3.01. The Labute approximate surface area is 116 Å². The molecule has 0 aliphatic carbocycles. The van der Waals surface area contributed by atoms with Gasteiger partial charge in [-0.1, -0.05) is 6.92 Å². The Bertz CT molecular complexity index is 571. The Morgan fingerprint density at radius 3 is 2.95 bits per heavy atom. The van der Waals surface area contributed by atoms with Crippen molar-refractivity contribution in [3.63, 3.8) is 0 Å². The largest absolute Gasteiger partial charge is 0.375 e. The molecule has 3 rings (SSSR count). The molecule has 106 valence electrons. The van der Waals surface area contributed by atoms with Crippen LogP contribution >= 0.6 is 0 Å². The molecule has 0 bridgehead atoms. The number of ether oxygens (including phenoxy) is 1. The Morgan fingerprint density at radius 1 is 1.35 bits per heavy atom. The minimum atomic E-state index is 0.194. The van der Waals surface area contributed by atoms with Gasteiger partial charge in [-0.25, -0.2) is 4.68 Å². The molecular weight excluding hydrogens is 258 g/mol. The second kappa shape index (κ2) is 5.41. The van der Waals surface area contributed by atoms with E-state index in [2.05, 4.69) is 31.9 Å². The van der Waals surface area contributed by atoms with Crippen molar-refractivity contribution in [2.45, 2.75) is 19.4 Å². The molecule has 0 spiro atoms. The van der Waals surface area contributed by atoms with Crippen LogP contribution in [0.5, 0.6) is 0 Å². The van der Waals surface area contributed by atoms with E-state index in [0.29, 0.717) is 18.5 Å². The lowest BCUT2D eigenvalue weighted by atomic mass is 10.2. The van der Waals surface area contributed by atoms with Crippen molar-refractivity contribution < 1.29 is 4.74 Å². The number of hydrogen-bond acceptors (Lipinski definition) is 7. The lowest BCUT2D eigenvalue weighted by Gasteiger charge is -2.32. The maximum Gasteiger partial charge on any atom is 0.257 e. The molecule has 1 unspecified atom stereocenters. The van der Waals surface area contributed by atoms with Crippen molar-refractivity contribution >= 4 is 11.9 Å². The number of nitrogens with two attached hydrogens (primary N) is 1.